The van der Waals surface area contributed by atoms with Gasteiger partial charge in [0.2, 0.25) is 0 Å². The molecule has 0 aliphatic rings. The van der Waals surface area contributed by atoms with Crippen LogP contribution < -0.4 is 5.32 Å². The zero-order chi connectivity index (χ0) is 15.8. The van der Waals surface area contributed by atoms with Gasteiger partial charge in [-0.25, -0.2) is 4.98 Å². The smallest absolute Gasteiger partial charge is 0.251 e. The molecule has 1 aromatic carbocycles. The van der Waals surface area contributed by atoms with Crippen LogP contribution >= 0.6 is 23.1 Å². The third kappa shape index (κ3) is 5.46. The van der Waals surface area contributed by atoms with Crippen LogP contribution in [-0.2, 0) is 5.75 Å². The molecule has 1 aromatic heterocycles. The zero-order valence-corrected chi connectivity index (χ0v) is 14.7. The highest BCUT2D eigenvalue weighted by Gasteiger charge is 2.05. The molecule has 1 heterocycles. The minimum Gasteiger partial charge on any atom is -0.352 e. The highest BCUT2D eigenvalue weighted by molar-refractivity contribution is 7.98. The SMILES string of the molecule is CCCCCNC(=O)c1ccc(SCc2csc(C)n2)cc1. The van der Waals surface area contributed by atoms with Gasteiger partial charge in [-0.05, 0) is 37.6 Å². The van der Waals surface area contributed by atoms with Gasteiger partial charge < -0.3 is 5.32 Å². The van der Waals surface area contributed by atoms with Gasteiger partial charge in [-0.3, -0.25) is 4.79 Å². The van der Waals surface area contributed by atoms with Crippen molar-refractivity contribution in [1.82, 2.24) is 10.3 Å². The third-order valence-electron chi connectivity index (χ3n) is 3.24. The largest absolute Gasteiger partial charge is 0.352 e. The molecule has 2 rings (SSSR count). The Kier molecular flexibility index (Phi) is 6.93. The molecule has 0 saturated carbocycles. The van der Waals surface area contributed by atoms with Crippen molar-refractivity contribution in [2.24, 2.45) is 0 Å². The molecule has 0 bridgehead atoms. The fraction of sp³-hybridized carbons (Fsp3) is 0.412. The second kappa shape index (κ2) is 8.96. The van der Waals surface area contributed by atoms with Crippen molar-refractivity contribution >= 4 is 29.0 Å². The Bertz CT molecular complexity index is 593. The molecular weight excluding hydrogens is 312 g/mol. The number of amides is 1. The lowest BCUT2D eigenvalue weighted by Crippen LogP contribution is -2.24. The molecule has 22 heavy (non-hydrogen) atoms. The molecule has 2 aromatic rings. The number of thiazole rings is 1. The van der Waals surface area contributed by atoms with Crippen molar-refractivity contribution in [2.45, 2.75) is 43.8 Å². The van der Waals surface area contributed by atoms with Crippen LogP contribution in [0.15, 0.2) is 34.5 Å². The van der Waals surface area contributed by atoms with Crippen molar-refractivity contribution < 1.29 is 4.79 Å². The Morgan fingerprint density at radius 2 is 2.05 bits per heavy atom. The van der Waals surface area contributed by atoms with Crippen LogP contribution in [0.5, 0.6) is 0 Å². The van der Waals surface area contributed by atoms with Gasteiger partial charge in [-0.1, -0.05) is 19.8 Å². The molecule has 0 saturated heterocycles. The summed E-state index contributed by atoms with van der Waals surface area (Å²) < 4.78 is 0. The van der Waals surface area contributed by atoms with Gasteiger partial charge in [0.1, 0.15) is 0 Å². The number of thioether (sulfide) groups is 1. The van der Waals surface area contributed by atoms with Crippen molar-refractivity contribution in [3.63, 3.8) is 0 Å². The van der Waals surface area contributed by atoms with Crippen molar-refractivity contribution in [1.29, 1.82) is 0 Å². The van der Waals surface area contributed by atoms with E-state index in [1.807, 2.05) is 31.2 Å². The summed E-state index contributed by atoms with van der Waals surface area (Å²) in [4.78, 5) is 17.6. The lowest BCUT2D eigenvalue weighted by atomic mass is 10.2. The van der Waals surface area contributed by atoms with Crippen LogP contribution in [0.2, 0.25) is 0 Å². The van der Waals surface area contributed by atoms with Crippen molar-refractivity contribution in [3.8, 4) is 0 Å². The second-order valence-corrected chi connectivity index (χ2v) is 7.24. The first-order chi connectivity index (χ1) is 10.7. The Balaban J connectivity index is 1.80. The van der Waals surface area contributed by atoms with E-state index in [1.54, 1.807) is 23.1 Å². The van der Waals surface area contributed by atoms with Gasteiger partial charge >= 0.3 is 0 Å². The molecule has 1 amide bonds. The monoisotopic (exact) mass is 334 g/mol. The standard InChI is InChI=1S/C17H22N2OS2/c1-3-4-5-10-18-17(20)14-6-8-16(9-7-14)22-12-15-11-21-13(2)19-15/h6-9,11H,3-5,10,12H2,1-2H3,(H,18,20). The summed E-state index contributed by atoms with van der Waals surface area (Å²) in [6.07, 6.45) is 3.37. The van der Waals surface area contributed by atoms with Crippen molar-refractivity contribution in [3.05, 3.63) is 45.9 Å². The summed E-state index contributed by atoms with van der Waals surface area (Å²) in [5.41, 5.74) is 1.84. The first-order valence-electron chi connectivity index (χ1n) is 7.61. The highest BCUT2D eigenvalue weighted by atomic mass is 32.2. The lowest BCUT2D eigenvalue weighted by Gasteiger charge is -2.05. The Hall–Kier alpha value is -1.33. The van der Waals surface area contributed by atoms with Gasteiger partial charge in [-0.15, -0.1) is 23.1 Å². The predicted octanol–water partition coefficient (Wildman–Crippen LogP) is 4.66. The molecule has 0 spiro atoms. The number of benzene rings is 1. The first kappa shape index (κ1) is 17.0. The summed E-state index contributed by atoms with van der Waals surface area (Å²) in [7, 11) is 0. The number of unbranched alkanes of at least 4 members (excludes halogenated alkanes) is 2. The predicted molar refractivity (Wildman–Crippen MR) is 94.7 cm³/mol. The molecule has 0 fully saturated rings. The first-order valence-corrected chi connectivity index (χ1v) is 9.47. The molecule has 0 aliphatic carbocycles. The molecule has 118 valence electrons. The molecular formula is C17H22N2OS2. The van der Waals surface area contributed by atoms with Gasteiger partial charge in [-0.2, -0.15) is 0 Å². The maximum atomic E-state index is 12.0. The van der Waals surface area contributed by atoms with E-state index >= 15 is 0 Å². The van der Waals surface area contributed by atoms with Crippen LogP contribution in [-0.4, -0.2) is 17.4 Å². The quantitative estimate of drug-likeness (QED) is 0.564. The normalized spacial score (nSPS) is 10.6. The van der Waals surface area contributed by atoms with Gasteiger partial charge in [0.25, 0.3) is 5.91 Å². The fourth-order valence-corrected chi connectivity index (χ4v) is 3.52. The topological polar surface area (TPSA) is 42.0 Å². The van der Waals surface area contributed by atoms with Crippen LogP contribution in [0.25, 0.3) is 0 Å². The van der Waals surface area contributed by atoms with Crippen LogP contribution in [0.3, 0.4) is 0 Å². The van der Waals surface area contributed by atoms with E-state index in [1.165, 1.54) is 6.42 Å². The van der Waals surface area contributed by atoms with E-state index in [0.29, 0.717) is 0 Å². The molecule has 1 N–H and O–H groups in total. The third-order valence-corrected chi connectivity index (χ3v) is 5.10. The van der Waals surface area contributed by atoms with Crippen molar-refractivity contribution in [2.75, 3.05) is 6.54 Å². The van der Waals surface area contributed by atoms with Gasteiger partial charge in [0.05, 0.1) is 10.7 Å². The van der Waals surface area contributed by atoms with E-state index < -0.39 is 0 Å². The molecule has 0 unspecified atom stereocenters. The lowest BCUT2D eigenvalue weighted by molar-refractivity contribution is 0.0953. The fourth-order valence-electron chi connectivity index (χ4n) is 2.01. The van der Waals surface area contributed by atoms with E-state index in [4.69, 9.17) is 0 Å². The Morgan fingerprint density at radius 3 is 2.68 bits per heavy atom. The number of aromatic nitrogens is 1. The minimum absolute atomic E-state index is 0.0165. The summed E-state index contributed by atoms with van der Waals surface area (Å²) in [6.45, 7) is 4.93. The number of rotatable bonds is 8. The highest BCUT2D eigenvalue weighted by Crippen LogP contribution is 2.23. The molecule has 3 nitrogen and oxygen atoms in total. The summed E-state index contributed by atoms with van der Waals surface area (Å²) in [5.74, 6) is 0.884. The van der Waals surface area contributed by atoms with E-state index in [0.717, 1.165) is 46.3 Å². The summed E-state index contributed by atoms with van der Waals surface area (Å²) >= 11 is 3.42. The number of nitrogens with one attached hydrogen (secondary N) is 1. The van der Waals surface area contributed by atoms with Crippen LogP contribution in [0.1, 0.15) is 47.2 Å². The molecule has 5 heteroatoms. The van der Waals surface area contributed by atoms with E-state index in [-0.39, 0.29) is 5.91 Å². The Labute approximate surface area is 140 Å². The zero-order valence-electron chi connectivity index (χ0n) is 13.1. The number of carbonyl (C=O) groups is 1. The van der Waals surface area contributed by atoms with Crippen LogP contribution in [0, 0.1) is 6.92 Å². The molecule has 0 atom stereocenters. The van der Waals surface area contributed by atoms with Crippen LogP contribution in [0.4, 0.5) is 0 Å². The summed E-state index contributed by atoms with van der Waals surface area (Å²) in [6, 6.07) is 7.79. The Morgan fingerprint density at radius 1 is 1.27 bits per heavy atom. The average molecular weight is 335 g/mol. The molecule has 0 aliphatic heterocycles. The minimum atomic E-state index is 0.0165. The average Bonchev–Trinajstić information content (AvgIpc) is 2.95. The number of carbonyl (C=O) groups excluding carboxylic acids is 1. The maximum Gasteiger partial charge on any atom is 0.251 e. The van der Waals surface area contributed by atoms with E-state index in [2.05, 4.69) is 22.6 Å². The van der Waals surface area contributed by atoms with E-state index in [9.17, 15) is 4.79 Å². The number of nitrogens with zero attached hydrogens (tertiary/aromatic N) is 1. The number of hydrogen-bond acceptors (Lipinski definition) is 4. The summed E-state index contributed by atoms with van der Waals surface area (Å²) in [5, 5.41) is 6.16. The molecule has 0 radical (unpaired) electrons. The number of hydrogen-bond donors (Lipinski definition) is 1. The second-order valence-electron chi connectivity index (χ2n) is 5.13. The van der Waals surface area contributed by atoms with Gasteiger partial charge in [0.15, 0.2) is 0 Å². The van der Waals surface area contributed by atoms with Gasteiger partial charge in [0, 0.05) is 28.1 Å². The maximum absolute atomic E-state index is 12.0. The number of aryl methyl sites for hydroxylation is 1.